The first-order valence-electron chi connectivity index (χ1n) is 9.51. The van der Waals surface area contributed by atoms with Crippen molar-refractivity contribution < 1.29 is 23.1 Å². The quantitative estimate of drug-likeness (QED) is 0.640. The average molecular weight is 411 g/mol. The van der Waals surface area contributed by atoms with Gasteiger partial charge in [0.2, 0.25) is 5.91 Å². The molecule has 0 bridgehead atoms. The number of aryl methyl sites for hydroxylation is 1. The number of hydrogen-bond acceptors (Lipinski definition) is 4. The summed E-state index contributed by atoms with van der Waals surface area (Å²) in [6, 6.07) is 9.79. The van der Waals surface area contributed by atoms with Gasteiger partial charge in [0.05, 0.1) is 18.2 Å². The van der Waals surface area contributed by atoms with Gasteiger partial charge < -0.3 is 10.1 Å². The van der Waals surface area contributed by atoms with E-state index in [0.29, 0.717) is 29.2 Å². The summed E-state index contributed by atoms with van der Waals surface area (Å²) in [5.74, 6) is -2.06. The number of nitrogens with zero attached hydrogens (tertiary/aromatic N) is 2. The van der Waals surface area contributed by atoms with Gasteiger partial charge >= 0.3 is 0 Å². The molecule has 2 aromatic carbocycles. The maximum absolute atomic E-state index is 14.3. The second-order valence-corrected chi connectivity index (χ2v) is 6.98. The van der Waals surface area contributed by atoms with Crippen molar-refractivity contribution in [1.29, 1.82) is 0 Å². The third-order valence-corrected chi connectivity index (χ3v) is 5.01. The molecule has 0 fully saturated rings. The molecule has 154 valence electrons. The summed E-state index contributed by atoms with van der Waals surface area (Å²) in [6.07, 6.45) is -0.0442. The number of carbonyl (C=O) groups is 2. The van der Waals surface area contributed by atoms with Crippen molar-refractivity contribution >= 4 is 17.5 Å². The lowest BCUT2D eigenvalue weighted by Gasteiger charge is -2.23. The van der Waals surface area contributed by atoms with Crippen LogP contribution in [0.1, 0.15) is 40.9 Å². The van der Waals surface area contributed by atoms with E-state index in [2.05, 4.69) is 10.4 Å². The first kappa shape index (κ1) is 19.8. The molecule has 0 saturated carbocycles. The van der Waals surface area contributed by atoms with Gasteiger partial charge in [0.1, 0.15) is 23.1 Å². The fraction of sp³-hybridized carbons (Fsp3) is 0.227. The fourth-order valence-electron chi connectivity index (χ4n) is 3.68. The Kier molecular flexibility index (Phi) is 5.07. The van der Waals surface area contributed by atoms with Crippen LogP contribution in [0.3, 0.4) is 0 Å². The highest BCUT2D eigenvalue weighted by molar-refractivity contribution is 6.08. The van der Waals surface area contributed by atoms with Gasteiger partial charge in [-0.05, 0) is 50.2 Å². The summed E-state index contributed by atoms with van der Waals surface area (Å²) in [7, 11) is 0. The lowest BCUT2D eigenvalue weighted by Crippen LogP contribution is -2.28. The standard InChI is InChI=1S/C22H19F2N3O3/c1-3-30-15-7-4-13(5-8-15)21(29)16-11-19(28)25-22-20(16)12(2)26-27(22)18-9-6-14(23)10-17(18)24/h4-10,16H,3,11H2,1-2H3,(H,25,28)/t16-/m1/s1. The molecule has 0 spiro atoms. The van der Waals surface area contributed by atoms with Crippen LogP contribution in [0.15, 0.2) is 42.5 Å². The highest BCUT2D eigenvalue weighted by Gasteiger charge is 2.36. The summed E-state index contributed by atoms with van der Waals surface area (Å²) < 4.78 is 34.3. The van der Waals surface area contributed by atoms with E-state index >= 15 is 0 Å². The molecular formula is C22H19F2N3O3. The Labute approximate surface area is 171 Å². The Morgan fingerprint density at radius 3 is 2.63 bits per heavy atom. The Hall–Kier alpha value is -3.55. The number of carbonyl (C=O) groups excluding carboxylic acids is 2. The largest absolute Gasteiger partial charge is 0.494 e. The van der Waals surface area contributed by atoms with Crippen LogP contribution >= 0.6 is 0 Å². The molecular weight excluding hydrogens is 392 g/mol. The van der Waals surface area contributed by atoms with Gasteiger partial charge in [-0.25, -0.2) is 13.5 Å². The normalized spacial score (nSPS) is 15.5. The van der Waals surface area contributed by atoms with Crippen molar-refractivity contribution in [3.8, 4) is 11.4 Å². The average Bonchev–Trinajstić information content (AvgIpc) is 3.04. The number of benzene rings is 2. The summed E-state index contributed by atoms with van der Waals surface area (Å²) >= 11 is 0. The van der Waals surface area contributed by atoms with Crippen LogP contribution in [0.2, 0.25) is 0 Å². The van der Waals surface area contributed by atoms with Gasteiger partial charge in [-0.2, -0.15) is 5.10 Å². The fourth-order valence-corrected chi connectivity index (χ4v) is 3.68. The zero-order valence-electron chi connectivity index (χ0n) is 16.4. The van der Waals surface area contributed by atoms with E-state index in [4.69, 9.17) is 4.74 Å². The van der Waals surface area contributed by atoms with Crippen molar-refractivity contribution in [3.63, 3.8) is 0 Å². The van der Waals surface area contributed by atoms with E-state index in [1.54, 1.807) is 31.2 Å². The predicted octanol–water partition coefficient (Wildman–Crippen LogP) is 4.17. The van der Waals surface area contributed by atoms with Crippen LogP contribution in [0.25, 0.3) is 5.69 Å². The number of Topliss-reactive ketones (excluding diaryl/α,β-unsaturated/α-hetero) is 1. The molecule has 30 heavy (non-hydrogen) atoms. The molecule has 0 radical (unpaired) electrons. The van der Waals surface area contributed by atoms with Crippen LogP contribution in [0, 0.1) is 18.6 Å². The lowest BCUT2D eigenvalue weighted by molar-refractivity contribution is -0.116. The van der Waals surface area contributed by atoms with Crippen LogP contribution < -0.4 is 10.1 Å². The molecule has 1 aromatic heterocycles. The van der Waals surface area contributed by atoms with Gasteiger partial charge in [0.25, 0.3) is 0 Å². The first-order valence-corrected chi connectivity index (χ1v) is 9.51. The number of anilines is 1. The Balaban J connectivity index is 1.76. The topological polar surface area (TPSA) is 73.2 Å². The minimum atomic E-state index is -0.825. The molecule has 1 aliphatic rings. The summed E-state index contributed by atoms with van der Waals surface area (Å²) in [4.78, 5) is 25.6. The van der Waals surface area contributed by atoms with Gasteiger partial charge in [-0.3, -0.25) is 9.59 Å². The number of ether oxygens (including phenoxy) is 1. The number of fused-ring (bicyclic) bond motifs is 1. The number of amides is 1. The second-order valence-electron chi connectivity index (χ2n) is 6.98. The van der Waals surface area contributed by atoms with Gasteiger partial charge in [0.15, 0.2) is 11.6 Å². The van der Waals surface area contributed by atoms with E-state index in [0.717, 1.165) is 12.1 Å². The van der Waals surface area contributed by atoms with E-state index < -0.39 is 17.6 Å². The minimum Gasteiger partial charge on any atom is -0.494 e. The Bertz CT molecular complexity index is 1140. The molecule has 0 saturated heterocycles. The van der Waals surface area contributed by atoms with E-state index in [-0.39, 0.29) is 29.6 Å². The highest BCUT2D eigenvalue weighted by atomic mass is 19.1. The molecule has 1 aliphatic heterocycles. The maximum atomic E-state index is 14.3. The van der Waals surface area contributed by atoms with Crippen LogP contribution in [-0.4, -0.2) is 28.1 Å². The molecule has 4 rings (SSSR count). The molecule has 0 aliphatic carbocycles. The molecule has 2 heterocycles. The third-order valence-electron chi connectivity index (χ3n) is 5.01. The number of aromatic nitrogens is 2. The lowest BCUT2D eigenvalue weighted by atomic mass is 9.85. The molecule has 1 atom stereocenters. The Morgan fingerprint density at radius 1 is 1.23 bits per heavy atom. The zero-order chi connectivity index (χ0) is 21.4. The molecule has 1 N–H and O–H groups in total. The van der Waals surface area contributed by atoms with Crippen molar-refractivity contribution in [2.75, 3.05) is 11.9 Å². The summed E-state index contributed by atoms with van der Waals surface area (Å²) in [5.41, 5.74) is 1.43. The highest BCUT2D eigenvalue weighted by Crippen LogP contribution is 2.38. The smallest absolute Gasteiger partial charge is 0.226 e. The monoisotopic (exact) mass is 411 g/mol. The number of halogens is 2. The SMILES string of the molecule is CCOc1ccc(C(=O)[C@@H]2CC(=O)Nc3c2c(C)nn3-c2ccc(F)cc2F)cc1. The first-order chi connectivity index (χ1) is 14.4. The molecule has 6 nitrogen and oxygen atoms in total. The van der Waals surface area contributed by atoms with Crippen LogP contribution in [0.4, 0.5) is 14.6 Å². The van der Waals surface area contributed by atoms with Gasteiger partial charge in [0, 0.05) is 23.6 Å². The van der Waals surface area contributed by atoms with E-state index in [1.807, 2.05) is 6.92 Å². The molecule has 0 unspecified atom stereocenters. The second kappa shape index (κ2) is 7.70. The summed E-state index contributed by atoms with van der Waals surface area (Å²) in [6.45, 7) is 4.07. The Morgan fingerprint density at radius 2 is 1.97 bits per heavy atom. The number of nitrogens with one attached hydrogen (secondary N) is 1. The van der Waals surface area contributed by atoms with Crippen molar-refractivity contribution in [3.05, 3.63) is 70.9 Å². The van der Waals surface area contributed by atoms with Crippen molar-refractivity contribution in [2.24, 2.45) is 0 Å². The number of hydrogen-bond donors (Lipinski definition) is 1. The molecule has 3 aromatic rings. The van der Waals surface area contributed by atoms with Crippen molar-refractivity contribution in [1.82, 2.24) is 9.78 Å². The number of ketones is 1. The number of rotatable bonds is 5. The maximum Gasteiger partial charge on any atom is 0.226 e. The van der Waals surface area contributed by atoms with Gasteiger partial charge in [-0.1, -0.05) is 0 Å². The third kappa shape index (κ3) is 3.45. The van der Waals surface area contributed by atoms with E-state index in [9.17, 15) is 18.4 Å². The van der Waals surface area contributed by atoms with Crippen LogP contribution in [0.5, 0.6) is 5.75 Å². The minimum absolute atomic E-state index is 0.0183. The van der Waals surface area contributed by atoms with Crippen LogP contribution in [-0.2, 0) is 4.79 Å². The molecule has 1 amide bonds. The van der Waals surface area contributed by atoms with Gasteiger partial charge in [-0.15, -0.1) is 0 Å². The van der Waals surface area contributed by atoms with E-state index in [1.165, 1.54) is 10.7 Å². The van der Waals surface area contributed by atoms with Crippen molar-refractivity contribution in [2.45, 2.75) is 26.2 Å². The zero-order valence-corrected chi connectivity index (χ0v) is 16.4. The summed E-state index contributed by atoms with van der Waals surface area (Å²) in [5, 5.41) is 7.00. The molecule has 8 heteroatoms. The predicted molar refractivity (Wildman–Crippen MR) is 106 cm³/mol.